The lowest BCUT2D eigenvalue weighted by molar-refractivity contribution is 0.0936. The highest BCUT2D eigenvalue weighted by atomic mass is 16.5. The molecule has 1 unspecified atom stereocenters. The fourth-order valence-corrected chi connectivity index (χ4v) is 5.53. The molecular weight excluding hydrogens is 498 g/mol. The van der Waals surface area contributed by atoms with Gasteiger partial charge in [0.15, 0.2) is 0 Å². The molecule has 208 valence electrons. The molecule has 6 nitrogen and oxygen atoms in total. The van der Waals surface area contributed by atoms with Crippen molar-refractivity contribution in [2.75, 3.05) is 26.2 Å². The number of phenols is 1. The molecule has 2 aliphatic rings. The van der Waals surface area contributed by atoms with Crippen LogP contribution >= 0.6 is 0 Å². The molecule has 0 aromatic heterocycles. The van der Waals surface area contributed by atoms with Crippen molar-refractivity contribution in [1.29, 1.82) is 0 Å². The summed E-state index contributed by atoms with van der Waals surface area (Å²) in [5, 5.41) is 13.0. The predicted octanol–water partition coefficient (Wildman–Crippen LogP) is 6.12. The number of aromatic hydroxyl groups is 1. The van der Waals surface area contributed by atoms with Crippen molar-refractivity contribution in [3.05, 3.63) is 120 Å². The number of phenolic OH excluding ortho intramolecular Hbond substituents is 1. The highest BCUT2D eigenvalue weighted by molar-refractivity contribution is 5.96. The SMILES string of the molecule is CC(CCc1ccccc1)NC(=O)c1ccccc1C1CCN(CCN2C=COC(c3cccc(O)c3)=C2)CC1. The monoisotopic (exact) mass is 537 g/mol. The van der Waals surface area contributed by atoms with E-state index in [1.807, 2.05) is 42.7 Å². The molecule has 6 heteroatoms. The van der Waals surface area contributed by atoms with Crippen LogP contribution in [0.2, 0.25) is 0 Å². The number of amides is 1. The van der Waals surface area contributed by atoms with E-state index >= 15 is 0 Å². The van der Waals surface area contributed by atoms with Gasteiger partial charge in [0.1, 0.15) is 17.8 Å². The summed E-state index contributed by atoms with van der Waals surface area (Å²) in [6, 6.07) is 25.8. The van der Waals surface area contributed by atoms with Gasteiger partial charge in [0.05, 0.1) is 0 Å². The normalized spacial score (nSPS) is 16.7. The Morgan fingerprint density at radius 2 is 1.77 bits per heavy atom. The summed E-state index contributed by atoms with van der Waals surface area (Å²) in [5.74, 6) is 1.37. The molecule has 2 heterocycles. The zero-order valence-corrected chi connectivity index (χ0v) is 23.2. The van der Waals surface area contributed by atoms with E-state index in [0.29, 0.717) is 5.92 Å². The van der Waals surface area contributed by atoms with Crippen LogP contribution in [0, 0.1) is 0 Å². The summed E-state index contributed by atoms with van der Waals surface area (Å²) in [7, 11) is 0. The second-order valence-corrected chi connectivity index (χ2v) is 10.8. The Hall–Kier alpha value is -4.03. The second-order valence-electron chi connectivity index (χ2n) is 10.8. The number of aryl methyl sites for hydroxylation is 1. The third kappa shape index (κ3) is 7.33. The van der Waals surface area contributed by atoms with Gasteiger partial charge in [-0.15, -0.1) is 0 Å². The summed E-state index contributed by atoms with van der Waals surface area (Å²) in [6.07, 6.45) is 9.56. The smallest absolute Gasteiger partial charge is 0.251 e. The summed E-state index contributed by atoms with van der Waals surface area (Å²) < 4.78 is 5.67. The Morgan fingerprint density at radius 3 is 2.58 bits per heavy atom. The molecule has 5 rings (SSSR count). The first-order valence-corrected chi connectivity index (χ1v) is 14.3. The highest BCUT2D eigenvalue weighted by Crippen LogP contribution is 2.31. The summed E-state index contributed by atoms with van der Waals surface area (Å²) >= 11 is 0. The fourth-order valence-electron chi connectivity index (χ4n) is 5.53. The maximum absolute atomic E-state index is 13.3. The van der Waals surface area contributed by atoms with Gasteiger partial charge in [-0.05, 0) is 80.9 Å². The van der Waals surface area contributed by atoms with Gasteiger partial charge in [-0.2, -0.15) is 0 Å². The van der Waals surface area contributed by atoms with E-state index in [1.54, 1.807) is 18.4 Å². The van der Waals surface area contributed by atoms with Crippen molar-refractivity contribution in [3.8, 4) is 5.75 Å². The number of rotatable bonds is 10. The van der Waals surface area contributed by atoms with Gasteiger partial charge < -0.3 is 25.0 Å². The standard InChI is InChI=1S/C34H39N3O3/c1-26(14-15-27-8-3-2-4-9-27)35-34(39)32-13-6-5-12-31(32)28-16-18-36(19-17-28)20-21-37-22-23-40-33(25-37)29-10-7-11-30(38)24-29/h2-13,22-26,28,38H,14-21H2,1H3,(H,35,39). The third-order valence-electron chi connectivity index (χ3n) is 7.85. The number of piperidine rings is 1. The zero-order chi connectivity index (χ0) is 27.7. The zero-order valence-electron chi connectivity index (χ0n) is 23.2. The predicted molar refractivity (Wildman–Crippen MR) is 160 cm³/mol. The third-order valence-corrected chi connectivity index (χ3v) is 7.85. The molecule has 1 fully saturated rings. The fraction of sp³-hybridized carbons (Fsp3) is 0.324. The molecule has 1 saturated heterocycles. The maximum atomic E-state index is 13.3. The molecule has 0 radical (unpaired) electrons. The Bertz CT molecular complexity index is 1330. The number of benzene rings is 3. The molecule has 0 aliphatic carbocycles. The topological polar surface area (TPSA) is 65.0 Å². The number of carbonyl (C=O) groups excluding carboxylic acids is 1. The molecule has 1 atom stereocenters. The quantitative estimate of drug-likeness (QED) is 0.326. The van der Waals surface area contributed by atoms with Crippen LogP contribution in [-0.4, -0.2) is 53.0 Å². The molecule has 3 aromatic rings. The van der Waals surface area contributed by atoms with Crippen LogP contribution in [0.3, 0.4) is 0 Å². The highest BCUT2D eigenvalue weighted by Gasteiger charge is 2.25. The number of hydrogen-bond acceptors (Lipinski definition) is 5. The van der Waals surface area contributed by atoms with E-state index in [0.717, 1.165) is 68.7 Å². The Balaban J connectivity index is 1.11. The Kier molecular flexibility index (Phi) is 9.19. The minimum Gasteiger partial charge on any atom is -0.508 e. The lowest BCUT2D eigenvalue weighted by Gasteiger charge is -2.34. The van der Waals surface area contributed by atoms with E-state index in [1.165, 1.54) is 11.1 Å². The largest absolute Gasteiger partial charge is 0.508 e. The van der Waals surface area contributed by atoms with Crippen molar-refractivity contribution in [2.24, 2.45) is 0 Å². The first-order valence-electron chi connectivity index (χ1n) is 14.3. The number of likely N-dealkylation sites (tertiary alicyclic amines) is 1. The van der Waals surface area contributed by atoms with Gasteiger partial charge in [-0.25, -0.2) is 0 Å². The van der Waals surface area contributed by atoms with Crippen LogP contribution in [0.5, 0.6) is 5.75 Å². The molecule has 0 spiro atoms. The van der Waals surface area contributed by atoms with Crippen LogP contribution in [0.25, 0.3) is 5.76 Å². The van der Waals surface area contributed by atoms with Crippen molar-refractivity contribution in [1.82, 2.24) is 15.1 Å². The molecule has 2 N–H and O–H groups in total. The lowest BCUT2D eigenvalue weighted by Crippen LogP contribution is -2.38. The summed E-state index contributed by atoms with van der Waals surface area (Å²) in [5.41, 5.74) is 4.14. The van der Waals surface area contributed by atoms with E-state index in [2.05, 4.69) is 58.4 Å². The molecule has 1 amide bonds. The van der Waals surface area contributed by atoms with Crippen LogP contribution in [-0.2, 0) is 11.2 Å². The first kappa shape index (κ1) is 27.5. The molecule has 0 bridgehead atoms. The van der Waals surface area contributed by atoms with Crippen LogP contribution in [0.4, 0.5) is 0 Å². The van der Waals surface area contributed by atoms with Crippen LogP contribution in [0.1, 0.15) is 59.2 Å². The average Bonchev–Trinajstić information content (AvgIpc) is 3.00. The van der Waals surface area contributed by atoms with E-state index < -0.39 is 0 Å². The van der Waals surface area contributed by atoms with E-state index in [9.17, 15) is 9.90 Å². The summed E-state index contributed by atoms with van der Waals surface area (Å²) in [6.45, 7) is 5.90. The molecular formula is C34H39N3O3. The van der Waals surface area contributed by atoms with Gasteiger partial charge in [-0.1, -0.05) is 60.7 Å². The van der Waals surface area contributed by atoms with Crippen LogP contribution in [0.15, 0.2) is 97.5 Å². The molecule has 2 aliphatic heterocycles. The molecule has 3 aromatic carbocycles. The first-order chi connectivity index (χ1) is 19.5. The number of hydrogen-bond donors (Lipinski definition) is 2. The second kappa shape index (κ2) is 13.4. The van der Waals surface area contributed by atoms with E-state index in [4.69, 9.17) is 4.74 Å². The van der Waals surface area contributed by atoms with Gasteiger partial charge in [0.25, 0.3) is 5.91 Å². The number of nitrogens with zero attached hydrogens (tertiary/aromatic N) is 2. The van der Waals surface area contributed by atoms with Gasteiger partial charge in [0, 0.05) is 42.7 Å². The van der Waals surface area contributed by atoms with Crippen molar-refractivity contribution >= 4 is 11.7 Å². The van der Waals surface area contributed by atoms with Gasteiger partial charge in [-0.3, -0.25) is 4.79 Å². The van der Waals surface area contributed by atoms with Crippen molar-refractivity contribution in [2.45, 2.75) is 44.6 Å². The van der Waals surface area contributed by atoms with Gasteiger partial charge >= 0.3 is 0 Å². The minimum absolute atomic E-state index is 0.0343. The molecule has 0 saturated carbocycles. The van der Waals surface area contributed by atoms with Gasteiger partial charge in [0.2, 0.25) is 0 Å². The summed E-state index contributed by atoms with van der Waals surface area (Å²) in [4.78, 5) is 17.9. The number of carbonyl (C=O) groups is 1. The number of ether oxygens (including phenoxy) is 1. The van der Waals surface area contributed by atoms with Crippen molar-refractivity contribution in [3.63, 3.8) is 0 Å². The number of nitrogens with one attached hydrogen (secondary N) is 1. The maximum Gasteiger partial charge on any atom is 0.251 e. The molecule has 40 heavy (non-hydrogen) atoms. The minimum atomic E-state index is 0.0343. The lowest BCUT2D eigenvalue weighted by atomic mass is 9.86. The van der Waals surface area contributed by atoms with Crippen molar-refractivity contribution < 1.29 is 14.6 Å². The average molecular weight is 538 g/mol. The van der Waals surface area contributed by atoms with Crippen LogP contribution < -0.4 is 5.32 Å². The Labute approximate surface area is 237 Å². The van der Waals surface area contributed by atoms with E-state index in [-0.39, 0.29) is 17.7 Å². The Morgan fingerprint density at radius 1 is 1.00 bits per heavy atom.